The standard InChI is InChI=1S/C20H19FN6/c21-12-15-2-1-7-23-18(15)6-5-16-3-4-17-14-26(10-11-27(16)17)20-19(13-22)24-8-9-25-20/h1-2,7-9,16-17H,3-4,10-12,14H2/t16-,17+/m1/s1. The molecule has 4 heterocycles. The molecule has 2 aromatic rings. The van der Waals surface area contributed by atoms with E-state index in [0.717, 1.165) is 32.5 Å². The third kappa shape index (κ3) is 3.47. The summed E-state index contributed by atoms with van der Waals surface area (Å²) in [6.07, 6.45) is 6.84. The van der Waals surface area contributed by atoms with E-state index in [9.17, 15) is 9.65 Å². The molecule has 2 atom stereocenters. The molecule has 6 nitrogen and oxygen atoms in total. The van der Waals surface area contributed by atoms with Crippen LogP contribution in [0.25, 0.3) is 0 Å². The number of fused-ring (bicyclic) bond motifs is 1. The van der Waals surface area contributed by atoms with Crippen molar-refractivity contribution < 1.29 is 4.39 Å². The minimum absolute atomic E-state index is 0.156. The average molecular weight is 362 g/mol. The van der Waals surface area contributed by atoms with Gasteiger partial charge in [-0.1, -0.05) is 12.0 Å². The normalized spacial score (nSPS) is 21.9. The molecule has 0 spiro atoms. The van der Waals surface area contributed by atoms with E-state index in [1.54, 1.807) is 30.7 Å². The number of alkyl halides is 1. The van der Waals surface area contributed by atoms with Crippen LogP contribution in [0, 0.1) is 23.2 Å². The lowest BCUT2D eigenvalue weighted by atomic mass is 10.1. The van der Waals surface area contributed by atoms with E-state index in [2.05, 4.69) is 42.7 Å². The van der Waals surface area contributed by atoms with Crippen molar-refractivity contribution in [2.75, 3.05) is 24.5 Å². The summed E-state index contributed by atoms with van der Waals surface area (Å²) in [5.41, 5.74) is 1.44. The number of nitrogens with zero attached hydrogens (tertiary/aromatic N) is 6. The van der Waals surface area contributed by atoms with E-state index in [1.807, 2.05) is 0 Å². The topological polar surface area (TPSA) is 68.9 Å². The van der Waals surface area contributed by atoms with E-state index < -0.39 is 6.67 Å². The van der Waals surface area contributed by atoms with E-state index >= 15 is 0 Å². The van der Waals surface area contributed by atoms with Gasteiger partial charge in [-0.05, 0) is 24.8 Å². The maximum absolute atomic E-state index is 13.1. The predicted octanol–water partition coefficient (Wildman–Crippen LogP) is 1.92. The van der Waals surface area contributed by atoms with Gasteiger partial charge in [-0.2, -0.15) is 5.26 Å². The monoisotopic (exact) mass is 362 g/mol. The van der Waals surface area contributed by atoms with Crippen LogP contribution in [-0.2, 0) is 6.67 Å². The Hall–Kier alpha value is -3.03. The fourth-order valence-corrected chi connectivity index (χ4v) is 3.85. The van der Waals surface area contributed by atoms with Crippen LogP contribution in [0.5, 0.6) is 0 Å². The molecule has 0 unspecified atom stereocenters. The van der Waals surface area contributed by atoms with Crippen molar-refractivity contribution in [3.63, 3.8) is 0 Å². The second-order valence-corrected chi connectivity index (χ2v) is 6.69. The number of hydrogen-bond donors (Lipinski definition) is 0. The lowest BCUT2D eigenvalue weighted by Crippen LogP contribution is -2.52. The summed E-state index contributed by atoms with van der Waals surface area (Å²) in [7, 11) is 0. The third-order valence-electron chi connectivity index (χ3n) is 5.18. The zero-order valence-electron chi connectivity index (χ0n) is 14.8. The fraction of sp³-hybridized carbons (Fsp3) is 0.400. The van der Waals surface area contributed by atoms with Crippen LogP contribution >= 0.6 is 0 Å². The molecule has 7 heteroatoms. The molecule has 2 aliphatic rings. The second kappa shape index (κ2) is 7.69. The van der Waals surface area contributed by atoms with Gasteiger partial charge < -0.3 is 4.90 Å². The SMILES string of the molecule is N#Cc1nccnc1N1CCN2[C@@H](CC[C@@H]2C#Cc2ncccc2CF)C1. The Morgan fingerprint density at radius 2 is 1.96 bits per heavy atom. The lowest BCUT2D eigenvalue weighted by Gasteiger charge is -2.39. The Labute approximate surface area is 157 Å². The fourth-order valence-electron chi connectivity index (χ4n) is 3.85. The van der Waals surface area contributed by atoms with Gasteiger partial charge in [0.25, 0.3) is 0 Å². The highest BCUT2D eigenvalue weighted by molar-refractivity contribution is 5.50. The van der Waals surface area contributed by atoms with E-state index in [1.165, 1.54) is 0 Å². The molecule has 0 amide bonds. The number of piperazine rings is 1. The number of aromatic nitrogens is 3. The molecule has 0 saturated carbocycles. The molecule has 0 radical (unpaired) electrons. The van der Waals surface area contributed by atoms with Gasteiger partial charge in [0.15, 0.2) is 11.5 Å². The molecule has 27 heavy (non-hydrogen) atoms. The van der Waals surface area contributed by atoms with Crippen LogP contribution in [0.15, 0.2) is 30.7 Å². The molecule has 0 aromatic carbocycles. The first-order valence-corrected chi connectivity index (χ1v) is 9.03. The molecule has 0 bridgehead atoms. The Morgan fingerprint density at radius 3 is 2.81 bits per heavy atom. The maximum atomic E-state index is 13.1. The third-order valence-corrected chi connectivity index (χ3v) is 5.18. The Balaban J connectivity index is 1.48. The van der Waals surface area contributed by atoms with Crippen molar-refractivity contribution in [3.8, 4) is 17.9 Å². The molecular weight excluding hydrogens is 343 g/mol. The van der Waals surface area contributed by atoms with Gasteiger partial charge in [-0.25, -0.2) is 19.3 Å². The van der Waals surface area contributed by atoms with Crippen molar-refractivity contribution in [2.45, 2.75) is 31.6 Å². The summed E-state index contributed by atoms with van der Waals surface area (Å²) in [6, 6.07) is 6.10. The smallest absolute Gasteiger partial charge is 0.183 e. The van der Waals surface area contributed by atoms with Crippen LogP contribution in [0.3, 0.4) is 0 Å². The Morgan fingerprint density at radius 1 is 1.11 bits per heavy atom. The largest absolute Gasteiger partial charge is 0.351 e. The minimum atomic E-state index is -0.552. The van der Waals surface area contributed by atoms with Gasteiger partial charge in [0, 0.05) is 49.8 Å². The molecule has 2 saturated heterocycles. The van der Waals surface area contributed by atoms with Crippen LogP contribution in [0.1, 0.15) is 29.8 Å². The highest BCUT2D eigenvalue weighted by atomic mass is 19.1. The van der Waals surface area contributed by atoms with Crippen molar-refractivity contribution in [1.82, 2.24) is 19.9 Å². The number of halogens is 1. The van der Waals surface area contributed by atoms with Crippen molar-refractivity contribution in [1.29, 1.82) is 5.26 Å². The predicted molar refractivity (Wildman–Crippen MR) is 98.4 cm³/mol. The van der Waals surface area contributed by atoms with Gasteiger partial charge in [-0.15, -0.1) is 0 Å². The molecule has 2 fully saturated rings. The molecular formula is C20H19FN6. The number of hydrogen-bond acceptors (Lipinski definition) is 6. The molecule has 136 valence electrons. The van der Waals surface area contributed by atoms with Crippen LogP contribution < -0.4 is 4.90 Å². The zero-order chi connectivity index (χ0) is 18.6. The minimum Gasteiger partial charge on any atom is -0.351 e. The number of nitriles is 1. The summed E-state index contributed by atoms with van der Waals surface area (Å²) in [4.78, 5) is 17.2. The molecule has 0 aliphatic carbocycles. The first-order chi connectivity index (χ1) is 13.3. The van der Waals surface area contributed by atoms with E-state index in [-0.39, 0.29) is 6.04 Å². The lowest BCUT2D eigenvalue weighted by molar-refractivity contribution is 0.202. The number of pyridine rings is 1. The quantitative estimate of drug-likeness (QED) is 0.761. The molecule has 2 aromatic heterocycles. The summed E-state index contributed by atoms with van der Waals surface area (Å²) in [5, 5.41) is 9.26. The second-order valence-electron chi connectivity index (χ2n) is 6.69. The first kappa shape index (κ1) is 17.4. The molecule has 2 aliphatic heterocycles. The highest BCUT2D eigenvalue weighted by Crippen LogP contribution is 2.29. The van der Waals surface area contributed by atoms with Crippen LogP contribution in [0.2, 0.25) is 0 Å². The number of rotatable bonds is 2. The molecule has 4 rings (SSSR count). The van der Waals surface area contributed by atoms with Gasteiger partial charge in [0.05, 0.1) is 6.04 Å². The first-order valence-electron chi connectivity index (χ1n) is 9.03. The zero-order valence-corrected chi connectivity index (χ0v) is 14.8. The van der Waals surface area contributed by atoms with Crippen molar-refractivity contribution in [2.24, 2.45) is 0 Å². The summed E-state index contributed by atoms with van der Waals surface area (Å²) < 4.78 is 13.1. The van der Waals surface area contributed by atoms with Crippen LogP contribution in [0.4, 0.5) is 10.2 Å². The summed E-state index contributed by atoms with van der Waals surface area (Å²) in [5.74, 6) is 7.04. The summed E-state index contributed by atoms with van der Waals surface area (Å²) >= 11 is 0. The highest BCUT2D eigenvalue weighted by Gasteiger charge is 2.37. The van der Waals surface area contributed by atoms with Crippen LogP contribution in [-0.4, -0.2) is 51.6 Å². The van der Waals surface area contributed by atoms with Gasteiger partial charge >= 0.3 is 0 Å². The molecule has 0 N–H and O–H groups in total. The van der Waals surface area contributed by atoms with E-state index in [0.29, 0.717) is 28.8 Å². The van der Waals surface area contributed by atoms with E-state index in [4.69, 9.17) is 0 Å². The van der Waals surface area contributed by atoms with Gasteiger partial charge in [0.2, 0.25) is 0 Å². The van der Waals surface area contributed by atoms with Crippen molar-refractivity contribution >= 4 is 5.82 Å². The van der Waals surface area contributed by atoms with Gasteiger partial charge in [0.1, 0.15) is 18.4 Å². The van der Waals surface area contributed by atoms with Crippen molar-refractivity contribution in [3.05, 3.63) is 47.7 Å². The summed E-state index contributed by atoms with van der Waals surface area (Å²) in [6.45, 7) is 1.89. The maximum Gasteiger partial charge on any atom is 0.183 e. The van der Waals surface area contributed by atoms with Gasteiger partial charge in [-0.3, -0.25) is 4.90 Å². The number of anilines is 1. The Kier molecular flexibility index (Phi) is 4.95. The average Bonchev–Trinajstić information content (AvgIpc) is 3.14. The Bertz CT molecular complexity index is 928.